The Morgan fingerprint density at radius 3 is 2.47 bits per heavy atom. The van der Waals surface area contributed by atoms with Crippen LogP contribution in [0.4, 0.5) is 13.2 Å². The van der Waals surface area contributed by atoms with Gasteiger partial charge in [0.05, 0.1) is 11.7 Å². The zero-order valence-corrected chi connectivity index (χ0v) is 9.56. The molecule has 5 heteroatoms. The van der Waals surface area contributed by atoms with Crippen molar-refractivity contribution in [3.63, 3.8) is 0 Å². The van der Waals surface area contributed by atoms with Gasteiger partial charge in [0.1, 0.15) is 0 Å². The highest BCUT2D eigenvalue weighted by Crippen LogP contribution is 2.32. The van der Waals surface area contributed by atoms with E-state index < -0.39 is 17.8 Å². The van der Waals surface area contributed by atoms with Gasteiger partial charge in [-0.05, 0) is 37.1 Å². The van der Waals surface area contributed by atoms with Crippen molar-refractivity contribution in [1.82, 2.24) is 0 Å². The third kappa shape index (κ3) is 3.50. The summed E-state index contributed by atoms with van der Waals surface area (Å²) < 4.78 is 37.7. The first-order chi connectivity index (χ1) is 6.80. The predicted molar refractivity (Wildman–Crippen MR) is 54.5 cm³/mol. The Hall–Kier alpha value is -0.550. The van der Waals surface area contributed by atoms with E-state index in [-0.39, 0.29) is 6.42 Å². The van der Waals surface area contributed by atoms with E-state index in [1.807, 2.05) is 0 Å². The molecular weight excluding hydrogens is 273 g/mol. The summed E-state index contributed by atoms with van der Waals surface area (Å²) in [7, 11) is 0. The molecule has 0 saturated carbocycles. The van der Waals surface area contributed by atoms with Gasteiger partial charge in [-0.15, -0.1) is 0 Å². The summed E-state index contributed by atoms with van der Waals surface area (Å²) in [5, 5.41) is 9.12. The van der Waals surface area contributed by atoms with Crippen LogP contribution in [0.3, 0.4) is 0 Å². The van der Waals surface area contributed by atoms with Crippen molar-refractivity contribution in [1.29, 1.82) is 0 Å². The first-order valence-corrected chi connectivity index (χ1v) is 5.13. The van der Waals surface area contributed by atoms with Crippen LogP contribution >= 0.6 is 15.9 Å². The third-order valence-electron chi connectivity index (χ3n) is 1.89. The summed E-state index contributed by atoms with van der Waals surface area (Å²) in [5.74, 6) is 0. The van der Waals surface area contributed by atoms with Gasteiger partial charge in [-0.25, -0.2) is 0 Å². The van der Waals surface area contributed by atoms with E-state index in [0.29, 0.717) is 10.0 Å². The van der Waals surface area contributed by atoms with Gasteiger partial charge in [0.2, 0.25) is 0 Å². The second-order valence-electron chi connectivity index (χ2n) is 3.36. The minimum atomic E-state index is -4.34. The Kier molecular flexibility index (Phi) is 3.78. The number of aliphatic hydroxyl groups is 1. The number of halogens is 4. The van der Waals surface area contributed by atoms with Crippen molar-refractivity contribution in [2.45, 2.75) is 25.6 Å². The molecule has 0 unspecified atom stereocenters. The fraction of sp³-hybridized carbons (Fsp3) is 0.400. The molecule has 1 rings (SSSR count). The number of aliphatic hydroxyl groups excluding tert-OH is 1. The molecule has 0 radical (unpaired) electrons. The molecule has 0 fully saturated rings. The standard InChI is InChI=1S/C10H10BrF3O/c1-6(15)4-7-5-8(10(12,13)14)2-3-9(7)11/h2-3,5-6,15H,4H2,1H3/t6-/m1/s1. The van der Waals surface area contributed by atoms with Gasteiger partial charge in [-0.2, -0.15) is 13.2 Å². The normalized spacial score (nSPS) is 14.0. The molecule has 1 N–H and O–H groups in total. The van der Waals surface area contributed by atoms with Gasteiger partial charge in [-0.1, -0.05) is 15.9 Å². The molecule has 0 aliphatic heterocycles. The van der Waals surface area contributed by atoms with Gasteiger partial charge in [0.15, 0.2) is 0 Å². The van der Waals surface area contributed by atoms with Gasteiger partial charge in [0.25, 0.3) is 0 Å². The molecule has 0 amide bonds. The SMILES string of the molecule is C[C@@H](O)Cc1cc(C(F)(F)F)ccc1Br. The lowest BCUT2D eigenvalue weighted by Gasteiger charge is -2.11. The van der Waals surface area contributed by atoms with E-state index in [0.717, 1.165) is 12.1 Å². The quantitative estimate of drug-likeness (QED) is 0.882. The molecule has 0 bridgehead atoms. The average Bonchev–Trinajstić information content (AvgIpc) is 2.06. The molecule has 0 aliphatic carbocycles. The summed E-state index contributed by atoms with van der Waals surface area (Å²) in [6.45, 7) is 1.53. The lowest BCUT2D eigenvalue weighted by atomic mass is 10.1. The summed E-state index contributed by atoms with van der Waals surface area (Å²) in [5.41, 5.74) is -0.235. The molecular formula is C10H10BrF3O. The molecule has 1 nitrogen and oxygen atoms in total. The molecule has 0 heterocycles. The lowest BCUT2D eigenvalue weighted by Crippen LogP contribution is -2.09. The van der Waals surface area contributed by atoms with Crippen LogP contribution in [0.2, 0.25) is 0 Å². The Labute approximate surface area is 94.0 Å². The second-order valence-corrected chi connectivity index (χ2v) is 4.21. The van der Waals surface area contributed by atoms with E-state index in [1.165, 1.54) is 13.0 Å². The van der Waals surface area contributed by atoms with Crippen LogP contribution in [0, 0.1) is 0 Å². The second kappa shape index (κ2) is 4.53. The topological polar surface area (TPSA) is 20.2 Å². The predicted octanol–water partition coefficient (Wildman–Crippen LogP) is 3.39. The van der Waals surface area contributed by atoms with Crippen molar-refractivity contribution in [2.75, 3.05) is 0 Å². The van der Waals surface area contributed by atoms with E-state index in [2.05, 4.69) is 15.9 Å². The van der Waals surface area contributed by atoms with Gasteiger partial charge in [0, 0.05) is 4.47 Å². The van der Waals surface area contributed by atoms with Gasteiger partial charge < -0.3 is 5.11 Å². The van der Waals surface area contributed by atoms with Crippen LogP contribution in [0.25, 0.3) is 0 Å². The zero-order valence-electron chi connectivity index (χ0n) is 7.98. The van der Waals surface area contributed by atoms with E-state index in [1.54, 1.807) is 0 Å². The molecule has 84 valence electrons. The van der Waals surface area contributed by atoms with Crippen LogP contribution in [0.1, 0.15) is 18.1 Å². The van der Waals surface area contributed by atoms with E-state index in [4.69, 9.17) is 5.11 Å². The molecule has 15 heavy (non-hydrogen) atoms. The fourth-order valence-corrected chi connectivity index (χ4v) is 1.63. The van der Waals surface area contributed by atoms with Crippen LogP contribution in [-0.2, 0) is 12.6 Å². The molecule has 1 aromatic rings. The van der Waals surface area contributed by atoms with E-state index >= 15 is 0 Å². The van der Waals surface area contributed by atoms with Crippen molar-refractivity contribution in [3.8, 4) is 0 Å². The average molecular weight is 283 g/mol. The molecule has 1 atom stereocenters. The Bertz CT molecular complexity index is 347. The Balaban J connectivity index is 3.06. The molecule has 0 saturated heterocycles. The third-order valence-corrected chi connectivity index (χ3v) is 2.66. The van der Waals surface area contributed by atoms with Crippen LogP contribution in [0.5, 0.6) is 0 Å². The van der Waals surface area contributed by atoms with Crippen LogP contribution in [-0.4, -0.2) is 11.2 Å². The summed E-state index contributed by atoms with van der Waals surface area (Å²) >= 11 is 3.15. The fourth-order valence-electron chi connectivity index (χ4n) is 1.23. The zero-order chi connectivity index (χ0) is 11.6. The highest BCUT2D eigenvalue weighted by Gasteiger charge is 2.30. The lowest BCUT2D eigenvalue weighted by molar-refractivity contribution is -0.137. The van der Waals surface area contributed by atoms with E-state index in [9.17, 15) is 13.2 Å². The highest BCUT2D eigenvalue weighted by atomic mass is 79.9. The maximum absolute atomic E-state index is 12.4. The molecule has 1 aromatic carbocycles. The maximum Gasteiger partial charge on any atom is 0.416 e. The summed E-state index contributed by atoms with van der Waals surface area (Å²) in [6.07, 6.45) is -4.80. The Morgan fingerprint density at radius 2 is 2.00 bits per heavy atom. The van der Waals surface area contributed by atoms with Crippen LogP contribution < -0.4 is 0 Å². The smallest absolute Gasteiger partial charge is 0.393 e. The van der Waals surface area contributed by atoms with Crippen molar-refractivity contribution in [3.05, 3.63) is 33.8 Å². The number of rotatable bonds is 2. The van der Waals surface area contributed by atoms with Crippen molar-refractivity contribution < 1.29 is 18.3 Å². The largest absolute Gasteiger partial charge is 0.416 e. The number of hydrogen-bond acceptors (Lipinski definition) is 1. The number of alkyl halides is 3. The van der Waals surface area contributed by atoms with Gasteiger partial charge >= 0.3 is 6.18 Å². The monoisotopic (exact) mass is 282 g/mol. The first-order valence-electron chi connectivity index (χ1n) is 4.34. The molecule has 0 aliphatic rings. The summed E-state index contributed by atoms with van der Waals surface area (Å²) in [4.78, 5) is 0. The van der Waals surface area contributed by atoms with Gasteiger partial charge in [-0.3, -0.25) is 0 Å². The maximum atomic E-state index is 12.4. The highest BCUT2D eigenvalue weighted by molar-refractivity contribution is 9.10. The van der Waals surface area contributed by atoms with Crippen molar-refractivity contribution in [2.24, 2.45) is 0 Å². The van der Waals surface area contributed by atoms with Crippen molar-refractivity contribution >= 4 is 15.9 Å². The Morgan fingerprint density at radius 1 is 1.40 bits per heavy atom. The molecule has 0 aromatic heterocycles. The number of benzene rings is 1. The first kappa shape index (κ1) is 12.5. The van der Waals surface area contributed by atoms with Crippen LogP contribution in [0.15, 0.2) is 22.7 Å². The minimum Gasteiger partial charge on any atom is -0.393 e. The minimum absolute atomic E-state index is 0.199. The summed E-state index contributed by atoms with van der Waals surface area (Å²) in [6, 6.07) is 3.41. The molecule has 0 spiro atoms. The number of hydrogen-bond donors (Lipinski definition) is 1.